The van der Waals surface area contributed by atoms with Gasteiger partial charge in [-0.05, 0) is 34.9 Å². The van der Waals surface area contributed by atoms with Crippen LogP contribution < -0.4 is 15.0 Å². The summed E-state index contributed by atoms with van der Waals surface area (Å²) in [5, 5.41) is 0. The zero-order valence-corrected chi connectivity index (χ0v) is 21.7. The molecule has 1 amide bonds. The summed E-state index contributed by atoms with van der Waals surface area (Å²) in [6.07, 6.45) is -3.19. The third kappa shape index (κ3) is 5.01. The van der Waals surface area contributed by atoms with Gasteiger partial charge >= 0.3 is 6.18 Å². The molecule has 5 rings (SSSR count). The lowest BCUT2D eigenvalue weighted by Gasteiger charge is -2.18. The SMILES string of the molecule is COc1cc2c(cc1OC)CN(C(=O)c1c(Sc3ncc(-c4ccccc4)s3)cc(C(F)(F)F)[nH]c1=O)C2. The number of alkyl halides is 3. The molecule has 0 saturated heterocycles. The molecule has 0 bridgehead atoms. The minimum atomic E-state index is -4.80. The average molecular weight is 560 g/mol. The van der Waals surface area contributed by atoms with Gasteiger partial charge in [0.25, 0.3) is 11.5 Å². The van der Waals surface area contributed by atoms with Crippen molar-refractivity contribution in [2.45, 2.75) is 28.5 Å². The largest absolute Gasteiger partial charge is 0.493 e. The summed E-state index contributed by atoms with van der Waals surface area (Å²) in [6, 6.07) is 13.7. The Morgan fingerprint density at radius 3 is 2.26 bits per heavy atom. The number of benzene rings is 2. The van der Waals surface area contributed by atoms with E-state index < -0.39 is 23.3 Å². The summed E-state index contributed by atoms with van der Waals surface area (Å²) in [5.41, 5.74) is -0.234. The van der Waals surface area contributed by atoms with Crippen LogP contribution in [0.15, 0.2) is 68.8 Å². The number of ether oxygens (including phenoxy) is 2. The molecule has 7 nitrogen and oxygen atoms in total. The van der Waals surface area contributed by atoms with Gasteiger partial charge in [-0.1, -0.05) is 42.1 Å². The molecule has 0 spiro atoms. The lowest BCUT2D eigenvalue weighted by molar-refractivity contribution is -0.141. The summed E-state index contributed by atoms with van der Waals surface area (Å²) >= 11 is 2.11. The van der Waals surface area contributed by atoms with Crippen LogP contribution in [0.2, 0.25) is 0 Å². The molecule has 1 aliphatic heterocycles. The number of aromatic amines is 1. The number of nitrogens with zero attached hydrogens (tertiary/aromatic N) is 2. The molecule has 4 aromatic rings. The van der Waals surface area contributed by atoms with Crippen molar-refractivity contribution < 1.29 is 27.4 Å². The molecule has 3 heterocycles. The van der Waals surface area contributed by atoms with Crippen LogP contribution in [0.5, 0.6) is 11.5 Å². The summed E-state index contributed by atoms with van der Waals surface area (Å²) in [6.45, 7) is 0.322. The van der Waals surface area contributed by atoms with E-state index in [0.29, 0.717) is 15.8 Å². The molecule has 2 aromatic heterocycles. The first-order valence-corrected chi connectivity index (χ1v) is 12.9. The van der Waals surface area contributed by atoms with E-state index in [-0.39, 0.29) is 23.5 Å². The van der Waals surface area contributed by atoms with Crippen molar-refractivity contribution in [3.63, 3.8) is 0 Å². The number of aromatic nitrogens is 2. The van der Waals surface area contributed by atoms with Crippen molar-refractivity contribution in [3.8, 4) is 21.9 Å². The monoisotopic (exact) mass is 559 g/mol. The van der Waals surface area contributed by atoms with Crippen LogP contribution in [0.1, 0.15) is 27.2 Å². The predicted molar refractivity (Wildman–Crippen MR) is 137 cm³/mol. The van der Waals surface area contributed by atoms with Gasteiger partial charge in [0.05, 0.1) is 19.1 Å². The third-order valence-electron chi connectivity index (χ3n) is 5.97. The summed E-state index contributed by atoms with van der Waals surface area (Å²) < 4.78 is 51.7. The fourth-order valence-corrected chi connectivity index (χ4v) is 6.24. The lowest BCUT2D eigenvalue weighted by atomic mass is 10.1. The van der Waals surface area contributed by atoms with E-state index in [0.717, 1.165) is 39.4 Å². The quantitative estimate of drug-likeness (QED) is 0.320. The highest BCUT2D eigenvalue weighted by molar-refractivity contribution is 8.01. The molecule has 1 aliphatic rings. The molecular formula is C26H20F3N3O4S2. The highest BCUT2D eigenvalue weighted by atomic mass is 32.2. The normalized spacial score (nSPS) is 12.9. The molecule has 0 saturated carbocycles. The van der Waals surface area contributed by atoms with Gasteiger partial charge in [-0.25, -0.2) is 4.98 Å². The number of rotatable bonds is 6. The number of hydrogen-bond acceptors (Lipinski definition) is 7. The molecule has 0 atom stereocenters. The number of pyridine rings is 1. The van der Waals surface area contributed by atoms with Crippen LogP contribution in [0.25, 0.3) is 10.4 Å². The second kappa shape index (κ2) is 10.2. The second-order valence-corrected chi connectivity index (χ2v) is 10.7. The standard InChI is InChI=1S/C26H20F3N3O4S2/c1-35-17-8-15-12-32(13-16(15)9-18(17)36-2)24(34)22-19(10-21(26(27,28)29)31-23(22)33)37-25-30-11-20(38-25)14-6-4-3-5-7-14/h3-11H,12-13H2,1-2H3,(H,31,33). The van der Waals surface area contributed by atoms with Crippen molar-refractivity contribution in [1.29, 1.82) is 0 Å². The van der Waals surface area contributed by atoms with E-state index in [2.05, 4.69) is 4.98 Å². The molecular weight excluding hydrogens is 539 g/mol. The highest BCUT2D eigenvalue weighted by Crippen LogP contribution is 2.40. The molecule has 0 aliphatic carbocycles. The van der Waals surface area contributed by atoms with Crippen LogP contribution in [0, 0.1) is 0 Å². The number of methoxy groups -OCH3 is 2. The van der Waals surface area contributed by atoms with Crippen molar-refractivity contribution in [3.05, 3.63) is 87.5 Å². The number of fused-ring (bicyclic) bond motifs is 1. The number of halogens is 3. The van der Waals surface area contributed by atoms with Crippen molar-refractivity contribution in [2.24, 2.45) is 0 Å². The molecule has 38 heavy (non-hydrogen) atoms. The van der Waals surface area contributed by atoms with Gasteiger partial charge < -0.3 is 19.4 Å². The summed E-state index contributed by atoms with van der Waals surface area (Å²) in [4.78, 5) is 34.7. The van der Waals surface area contributed by atoms with Crippen molar-refractivity contribution in [1.82, 2.24) is 14.9 Å². The Kier molecular flexibility index (Phi) is 6.93. The van der Waals surface area contributed by atoms with Crippen LogP contribution in [0.3, 0.4) is 0 Å². The van der Waals surface area contributed by atoms with Gasteiger partial charge in [0, 0.05) is 24.2 Å². The zero-order valence-electron chi connectivity index (χ0n) is 20.1. The Labute approximate surface area is 223 Å². The van der Waals surface area contributed by atoms with Gasteiger partial charge in [-0.3, -0.25) is 9.59 Å². The number of carbonyl (C=O) groups is 1. The number of hydrogen-bond donors (Lipinski definition) is 1. The van der Waals surface area contributed by atoms with Crippen LogP contribution in [0.4, 0.5) is 13.2 Å². The van der Waals surface area contributed by atoms with Gasteiger partial charge in [0.1, 0.15) is 11.3 Å². The summed E-state index contributed by atoms with van der Waals surface area (Å²) in [7, 11) is 2.99. The highest BCUT2D eigenvalue weighted by Gasteiger charge is 2.36. The van der Waals surface area contributed by atoms with Crippen molar-refractivity contribution in [2.75, 3.05) is 14.2 Å². The third-order valence-corrected chi connectivity index (χ3v) is 8.13. The molecule has 1 N–H and O–H groups in total. The van der Waals surface area contributed by atoms with Crippen LogP contribution >= 0.6 is 23.1 Å². The number of carbonyl (C=O) groups excluding carboxylic acids is 1. The van der Waals surface area contributed by atoms with E-state index in [1.165, 1.54) is 30.5 Å². The Balaban J connectivity index is 1.50. The maximum absolute atomic E-state index is 13.6. The van der Waals surface area contributed by atoms with Crippen molar-refractivity contribution >= 4 is 29.0 Å². The number of H-pyrrole nitrogens is 1. The molecule has 12 heteroatoms. The maximum Gasteiger partial charge on any atom is 0.431 e. The van der Waals surface area contributed by atoms with E-state index in [1.54, 1.807) is 18.3 Å². The molecule has 196 valence electrons. The zero-order chi connectivity index (χ0) is 27.0. The smallest absolute Gasteiger partial charge is 0.431 e. The van der Waals surface area contributed by atoms with E-state index >= 15 is 0 Å². The average Bonchev–Trinajstić information content (AvgIpc) is 3.54. The topological polar surface area (TPSA) is 84.5 Å². The first-order valence-electron chi connectivity index (χ1n) is 11.2. The number of amides is 1. The van der Waals surface area contributed by atoms with Gasteiger partial charge in [0.2, 0.25) is 0 Å². The Bertz CT molecular complexity index is 1540. The fraction of sp³-hybridized carbons (Fsp3) is 0.192. The molecule has 2 aromatic carbocycles. The Hall–Kier alpha value is -3.77. The number of nitrogens with one attached hydrogen (secondary N) is 1. The fourth-order valence-electron chi connectivity index (χ4n) is 4.13. The summed E-state index contributed by atoms with van der Waals surface area (Å²) in [5.74, 6) is 0.292. The van der Waals surface area contributed by atoms with Crippen LogP contribution in [-0.4, -0.2) is 35.0 Å². The molecule has 0 radical (unpaired) electrons. The molecule has 0 fully saturated rings. The Morgan fingerprint density at radius 1 is 1.05 bits per heavy atom. The van der Waals surface area contributed by atoms with Gasteiger partial charge in [-0.15, -0.1) is 11.3 Å². The number of thiazole rings is 1. The van der Waals surface area contributed by atoms with Gasteiger partial charge in [-0.2, -0.15) is 13.2 Å². The van der Waals surface area contributed by atoms with E-state index in [1.807, 2.05) is 35.3 Å². The first kappa shape index (κ1) is 25.9. The van der Waals surface area contributed by atoms with E-state index in [4.69, 9.17) is 9.47 Å². The van der Waals surface area contributed by atoms with Gasteiger partial charge in [0.15, 0.2) is 15.8 Å². The maximum atomic E-state index is 13.6. The molecule has 0 unspecified atom stereocenters. The second-order valence-electron chi connectivity index (χ2n) is 8.34. The lowest BCUT2D eigenvalue weighted by Crippen LogP contribution is -2.32. The first-order chi connectivity index (χ1) is 18.2. The van der Waals surface area contributed by atoms with E-state index in [9.17, 15) is 22.8 Å². The Morgan fingerprint density at radius 2 is 1.68 bits per heavy atom. The predicted octanol–water partition coefficient (Wildman–Crippen LogP) is 5.84. The minimum Gasteiger partial charge on any atom is -0.493 e. The van der Waals surface area contributed by atoms with Crippen LogP contribution in [-0.2, 0) is 19.3 Å². The minimum absolute atomic E-state index is 0.119.